The molecular formula is C8H13ClF3IO. The van der Waals surface area contributed by atoms with E-state index < -0.39 is 18.2 Å². The Hall–Kier alpha value is 0.770. The molecule has 1 atom stereocenters. The van der Waals surface area contributed by atoms with Crippen molar-refractivity contribution in [2.24, 2.45) is 0 Å². The van der Waals surface area contributed by atoms with Gasteiger partial charge in [0.15, 0.2) is 0 Å². The normalized spacial score (nSPS) is 16.7. The SMILES string of the molecule is CC(CCl)(CI)OCCCC(F)(F)F. The first-order valence-electron chi connectivity index (χ1n) is 4.15. The van der Waals surface area contributed by atoms with Crippen LogP contribution in [0.25, 0.3) is 0 Å². The lowest BCUT2D eigenvalue weighted by atomic mass is 10.2. The number of alkyl halides is 5. The smallest absolute Gasteiger partial charge is 0.373 e. The van der Waals surface area contributed by atoms with Crippen molar-refractivity contribution in [3.63, 3.8) is 0 Å². The van der Waals surface area contributed by atoms with E-state index in [0.717, 1.165) is 0 Å². The van der Waals surface area contributed by atoms with Gasteiger partial charge in [-0.05, 0) is 13.3 Å². The molecule has 0 spiro atoms. The Kier molecular flexibility index (Phi) is 6.72. The molecule has 0 aliphatic rings. The van der Waals surface area contributed by atoms with Crippen LogP contribution >= 0.6 is 34.2 Å². The fraction of sp³-hybridized carbons (Fsp3) is 1.00. The molecular weight excluding hydrogens is 331 g/mol. The summed E-state index contributed by atoms with van der Waals surface area (Å²) < 4.78 is 41.2. The van der Waals surface area contributed by atoms with Crippen molar-refractivity contribution >= 4 is 34.2 Å². The Morgan fingerprint density at radius 2 is 1.93 bits per heavy atom. The third-order valence-corrected chi connectivity index (χ3v) is 3.80. The van der Waals surface area contributed by atoms with Crippen molar-refractivity contribution in [3.05, 3.63) is 0 Å². The maximum Gasteiger partial charge on any atom is 0.389 e. The van der Waals surface area contributed by atoms with Crippen molar-refractivity contribution in [1.82, 2.24) is 0 Å². The van der Waals surface area contributed by atoms with Crippen LogP contribution in [0.2, 0.25) is 0 Å². The lowest BCUT2D eigenvalue weighted by Gasteiger charge is -2.25. The number of hydrogen-bond acceptors (Lipinski definition) is 1. The largest absolute Gasteiger partial charge is 0.389 e. The highest BCUT2D eigenvalue weighted by Crippen LogP contribution is 2.22. The molecule has 0 rings (SSSR count). The van der Waals surface area contributed by atoms with E-state index in [0.29, 0.717) is 10.3 Å². The molecule has 0 aromatic rings. The molecule has 1 nitrogen and oxygen atoms in total. The van der Waals surface area contributed by atoms with Gasteiger partial charge in [0, 0.05) is 17.5 Å². The molecule has 0 saturated carbocycles. The summed E-state index contributed by atoms with van der Waals surface area (Å²) >= 11 is 7.73. The van der Waals surface area contributed by atoms with Gasteiger partial charge < -0.3 is 4.74 Å². The standard InChI is InChI=1S/C8H13ClF3IO/c1-7(5-9,6-13)14-4-2-3-8(10,11)12/h2-6H2,1H3. The summed E-state index contributed by atoms with van der Waals surface area (Å²) in [5.74, 6) is 0.294. The molecule has 0 radical (unpaired) electrons. The first-order valence-corrected chi connectivity index (χ1v) is 6.22. The summed E-state index contributed by atoms with van der Waals surface area (Å²) in [6.45, 7) is 1.89. The minimum atomic E-state index is -4.09. The summed E-state index contributed by atoms with van der Waals surface area (Å²) in [5.41, 5.74) is -0.506. The highest BCUT2D eigenvalue weighted by atomic mass is 127. The van der Waals surface area contributed by atoms with E-state index in [1.54, 1.807) is 6.92 Å². The van der Waals surface area contributed by atoms with Gasteiger partial charge in [0.25, 0.3) is 0 Å². The Morgan fingerprint density at radius 1 is 1.36 bits per heavy atom. The summed E-state index contributed by atoms with van der Waals surface area (Å²) in [6, 6.07) is 0. The molecule has 6 heteroatoms. The van der Waals surface area contributed by atoms with Crippen LogP contribution in [-0.2, 0) is 4.74 Å². The molecule has 1 unspecified atom stereocenters. The third-order valence-electron chi connectivity index (χ3n) is 1.62. The van der Waals surface area contributed by atoms with Gasteiger partial charge in [-0.3, -0.25) is 0 Å². The van der Waals surface area contributed by atoms with Crippen LogP contribution in [0.5, 0.6) is 0 Å². The van der Waals surface area contributed by atoms with E-state index in [1.165, 1.54) is 0 Å². The Morgan fingerprint density at radius 3 is 2.29 bits per heavy atom. The van der Waals surface area contributed by atoms with Crippen molar-refractivity contribution < 1.29 is 17.9 Å². The minimum Gasteiger partial charge on any atom is -0.373 e. The molecule has 0 bridgehead atoms. The van der Waals surface area contributed by atoms with Crippen LogP contribution in [0, 0.1) is 0 Å². The summed E-state index contributed by atoms with van der Waals surface area (Å²) in [5, 5.41) is 0. The highest BCUT2D eigenvalue weighted by Gasteiger charge is 2.27. The molecule has 0 aliphatic carbocycles. The average molecular weight is 345 g/mol. The van der Waals surface area contributed by atoms with E-state index in [4.69, 9.17) is 16.3 Å². The molecule has 14 heavy (non-hydrogen) atoms. The van der Waals surface area contributed by atoms with Gasteiger partial charge >= 0.3 is 6.18 Å². The summed E-state index contributed by atoms with van der Waals surface area (Å²) in [6.07, 6.45) is -4.90. The van der Waals surface area contributed by atoms with Gasteiger partial charge in [0.05, 0.1) is 11.5 Å². The topological polar surface area (TPSA) is 9.23 Å². The van der Waals surface area contributed by atoms with Gasteiger partial charge in [-0.25, -0.2) is 0 Å². The Balaban J connectivity index is 3.63. The maximum atomic E-state index is 11.8. The van der Waals surface area contributed by atoms with Crippen LogP contribution in [0.4, 0.5) is 13.2 Å². The molecule has 0 aromatic carbocycles. The van der Waals surface area contributed by atoms with Crippen LogP contribution < -0.4 is 0 Å². The van der Waals surface area contributed by atoms with Crippen LogP contribution in [0.15, 0.2) is 0 Å². The van der Waals surface area contributed by atoms with Crippen molar-refractivity contribution in [2.75, 3.05) is 16.9 Å². The molecule has 0 heterocycles. The predicted molar refractivity (Wildman–Crippen MR) is 59.3 cm³/mol. The van der Waals surface area contributed by atoms with E-state index in [1.807, 2.05) is 0 Å². The monoisotopic (exact) mass is 344 g/mol. The molecule has 0 fully saturated rings. The maximum absolute atomic E-state index is 11.8. The van der Waals surface area contributed by atoms with E-state index in [9.17, 15) is 13.2 Å². The predicted octanol–water partition coefficient (Wildman–Crippen LogP) is 3.78. The fourth-order valence-electron chi connectivity index (χ4n) is 0.704. The zero-order chi connectivity index (χ0) is 11.2. The summed E-state index contributed by atoms with van der Waals surface area (Å²) in [7, 11) is 0. The Labute approximate surface area is 100 Å². The van der Waals surface area contributed by atoms with Crippen LogP contribution in [0.3, 0.4) is 0 Å². The number of ether oxygens (including phenoxy) is 1. The second-order valence-corrected chi connectivity index (χ2v) is 4.31. The molecule has 86 valence electrons. The zero-order valence-electron chi connectivity index (χ0n) is 7.83. The first-order chi connectivity index (χ1) is 6.33. The molecule has 0 aliphatic heterocycles. The van der Waals surface area contributed by atoms with E-state index >= 15 is 0 Å². The van der Waals surface area contributed by atoms with Gasteiger partial charge in [-0.2, -0.15) is 13.2 Å². The lowest BCUT2D eigenvalue weighted by Crippen LogP contribution is -2.33. The van der Waals surface area contributed by atoms with Crippen LogP contribution in [-0.4, -0.2) is 28.7 Å². The van der Waals surface area contributed by atoms with Gasteiger partial charge in [-0.15, -0.1) is 11.6 Å². The quantitative estimate of drug-likeness (QED) is 0.405. The molecule has 0 saturated heterocycles. The van der Waals surface area contributed by atoms with E-state index in [2.05, 4.69) is 22.6 Å². The second kappa shape index (κ2) is 6.37. The van der Waals surface area contributed by atoms with Gasteiger partial charge in [0.2, 0.25) is 0 Å². The van der Waals surface area contributed by atoms with E-state index in [-0.39, 0.29) is 13.0 Å². The molecule has 0 amide bonds. The molecule has 0 N–H and O–H groups in total. The van der Waals surface area contributed by atoms with Crippen molar-refractivity contribution in [3.8, 4) is 0 Å². The van der Waals surface area contributed by atoms with Crippen LogP contribution in [0.1, 0.15) is 19.8 Å². The highest BCUT2D eigenvalue weighted by molar-refractivity contribution is 14.1. The average Bonchev–Trinajstić information content (AvgIpc) is 2.11. The minimum absolute atomic E-state index is 0.00732. The third kappa shape index (κ3) is 7.11. The number of halogens is 5. The zero-order valence-corrected chi connectivity index (χ0v) is 10.7. The van der Waals surface area contributed by atoms with Gasteiger partial charge in [0.1, 0.15) is 0 Å². The number of hydrogen-bond donors (Lipinski definition) is 0. The second-order valence-electron chi connectivity index (χ2n) is 3.28. The van der Waals surface area contributed by atoms with Crippen molar-refractivity contribution in [2.45, 2.75) is 31.5 Å². The van der Waals surface area contributed by atoms with Gasteiger partial charge in [-0.1, -0.05) is 22.6 Å². The summed E-state index contributed by atoms with van der Waals surface area (Å²) in [4.78, 5) is 0. The first kappa shape index (κ1) is 14.8. The fourth-order valence-corrected chi connectivity index (χ4v) is 1.68. The van der Waals surface area contributed by atoms with Crippen molar-refractivity contribution in [1.29, 1.82) is 0 Å². The Bertz CT molecular complexity index is 159. The lowest BCUT2D eigenvalue weighted by molar-refractivity contribution is -0.140. The number of rotatable bonds is 6. The molecule has 0 aromatic heterocycles.